The summed E-state index contributed by atoms with van der Waals surface area (Å²) in [6.07, 6.45) is 11.3. The van der Waals surface area contributed by atoms with E-state index in [0.29, 0.717) is 6.04 Å². The van der Waals surface area contributed by atoms with E-state index in [2.05, 4.69) is 37.0 Å². The first-order chi connectivity index (χ1) is 9.67. The molecule has 2 aliphatic rings. The second-order valence-electron chi connectivity index (χ2n) is 6.83. The molecular formula is C17H30N2S. The van der Waals surface area contributed by atoms with Gasteiger partial charge in [0, 0.05) is 11.3 Å². The number of hydrogen-bond acceptors (Lipinski definition) is 3. The highest BCUT2D eigenvalue weighted by atomic mass is 32.2. The van der Waals surface area contributed by atoms with Gasteiger partial charge in [-0.15, -0.1) is 0 Å². The van der Waals surface area contributed by atoms with Gasteiger partial charge in [0.25, 0.3) is 0 Å². The fourth-order valence-electron chi connectivity index (χ4n) is 3.29. The molecule has 2 aliphatic carbocycles. The zero-order valence-electron chi connectivity index (χ0n) is 13.2. The Balaban J connectivity index is 1.66. The first-order valence-corrected chi connectivity index (χ1v) is 9.53. The SMILES string of the molecule is CCC(C#N)(CCCSC1CCCC(C)C1)NC1CC1. The zero-order chi connectivity index (χ0) is 14.4. The number of rotatable bonds is 8. The smallest absolute Gasteiger partial charge is 0.106 e. The van der Waals surface area contributed by atoms with Crippen LogP contribution in [0.15, 0.2) is 0 Å². The largest absolute Gasteiger partial charge is 0.297 e. The minimum atomic E-state index is -0.248. The van der Waals surface area contributed by atoms with Crippen molar-refractivity contribution in [3.05, 3.63) is 0 Å². The van der Waals surface area contributed by atoms with Crippen molar-refractivity contribution in [3.8, 4) is 6.07 Å². The van der Waals surface area contributed by atoms with Crippen LogP contribution in [0, 0.1) is 17.2 Å². The molecule has 0 bridgehead atoms. The van der Waals surface area contributed by atoms with Crippen LogP contribution in [-0.2, 0) is 0 Å². The van der Waals surface area contributed by atoms with E-state index < -0.39 is 0 Å². The predicted octanol–water partition coefficient (Wildman–Crippen LogP) is 4.50. The number of nitrogens with zero attached hydrogens (tertiary/aromatic N) is 1. The molecule has 0 aromatic carbocycles. The molecule has 2 fully saturated rings. The van der Waals surface area contributed by atoms with Gasteiger partial charge in [-0.05, 0) is 56.6 Å². The standard InChI is InChI=1S/C17H30N2S/c1-3-17(13-18,19-15-8-9-15)10-5-11-20-16-7-4-6-14(2)12-16/h14-16,19H,3-12H2,1-2H3. The molecule has 0 aliphatic heterocycles. The van der Waals surface area contributed by atoms with Crippen LogP contribution >= 0.6 is 11.8 Å². The Bertz CT molecular complexity index is 334. The van der Waals surface area contributed by atoms with E-state index in [1.165, 1.54) is 50.7 Å². The van der Waals surface area contributed by atoms with Crippen molar-refractivity contribution in [1.29, 1.82) is 5.26 Å². The van der Waals surface area contributed by atoms with Gasteiger partial charge in [-0.3, -0.25) is 5.32 Å². The minimum absolute atomic E-state index is 0.248. The van der Waals surface area contributed by atoms with Crippen LogP contribution in [-0.4, -0.2) is 22.6 Å². The maximum absolute atomic E-state index is 9.52. The van der Waals surface area contributed by atoms with Crippen molar-refractivity contribution in [3.63, 3.8) is 0 Å². The third-order valence-corrected chi connectivity index (χ3v) is 6.29. The highest BCUT2D eigenvalue weighted by Crippen LogP contribution is 2.33. The fourth-order valence-corrected chi connectivity index (χ4v) is 4.73. The summed E-state index contributed by atoms with van der Waals surface area (Å²) in [5, 5.41) is 14.0. The van der Waals surface area contributed by atoms with E-state index in [9.17, 15) is 5.26 Å². The molecule has 0 radical (unpaired) electrons. The lowest BCUT2D eigenvalue weighted by atomic mass is 9.90. The molecule has 0 aromatic rings. The van der Waals surface area contributed by atoms with Gasteiger partial charge in [0.05, 0.1) is 6.07 Å². The Kier molecular flexibility index (Phi) is 6.23. The topological polar surface area (TPSA) is 35.8 Å². The van der Waals surface area contributed by atoms with Gasteiger partial charge in [0.1, 0.15) is 5.54 Å². The lowest BCUT2D eigenvalue weighted by molar-refractivity contribution is 0.366. The van der Waals surface area contributed by atoms with Crippen LogP contribution in [0.25, 0.3) is 0 Å². The average molecular weight is 295 g/mol. The molecule has 0 saturated heterocycles. The van der Waals surface area contributed by atoms with Crippen molar-refractivity contribution >= 4 is 11.8 Å². The van der Waals surface area contributed by atoms with Gasteiger partial charge in [-0.2, -0.15) is 17.0 Å². The highest BCUT2D eigenvalue weighted by molar-refractivity contribution is 7.99. The molecule has 20 heavy (non-hydrogen) atoms. The van der Waals surface area contributed by atoms with E-state index in [1.54, 1.807) is 0 Å². The second-order valence-corrected chi connectivity index (χ2v) is 8.24. The molecule has 0 spiro atoms. The first-order valence-electron chi connectivity index (χ1n) is 8.48. The second kappa shape index (κ2) is 7.71. The molecule has 114 valence electrons. The van der Waals surface area contributed by atoms with E-state index in [0.717, 1.165) is 24.0 Å². The summed E-state index contributed by atoms with van der Waals surface area (Å²) < 4.78 is 0. The molecule has 0 heterocycles. The molecule has 0 aromatic heterocycles. The number of nitrogens with one attached hydrogen (secondary N) is 1. The Hall–Kier alpha value is -0.200. The first kappa shape index (κ1) is 16.2. The maximum Gasteiger partial charge on any atom is 0.106 e. The van der Waals surface area contributed by atoms with Crippen LogP contribution in [0.4, 0.5) is 0 Å². The Morgan fingerprint density at radius 3 is 2.70 bits per heavy atom. The van der Waals surface area contributed by atoms with Crippen molar-refractivity contribution < 1.29 is 0 Å². The van der Waals surface area contributed by atoms with Crippen molar-refractivity contribution in [2.24, 2.45) is 5.92 Å². The minimum Gasteiger partial charge on any atom is -0.297 e. The van der Waals surface area contributed by atoms with Gasteiger partial charge in [-0.1, -0.05) is 26.7 Å². The molecule has 2 saturated carbocycles. The monoisotopic (exact) mass is 294 g/mol. The summed E-state index contributed by atoms with van der Waals surface area (Å²) in [4.78, 5) is 0. The normalized spacial score (nSPS) is 29.6. The Labute approximate surface area is 129 Å². The summed E-state index contributed by atoms with van der Waals surface area (Å²) in [5.74, 6) is 2.15. The van der Waals surface area contributed by atoms with Crippen LogP contribution in [0.1, 0.15) is 71.6 Å². The van der Waals surface area contributed by atoms with Gasteiger partial charge >= 0.3 is 0 Å². The van der Waals surface area contributed by atoms with Gasteiger partial charge in [0.15, 0.2) is 0 Å². The molecule has 2 rings (SSSR count). The molecule has 3 unspecified atom stereocenters. The molecule has 3 atom stereocenters. The molecular weight excluding hydrogens is 264 g/mol. The lowest BCUT2D eigenvalue weighted by Crippen LogP contribution is -2.44. The van der Waals surface area contributed by atoms with Crippen molar-refractivity contribution in [2.75, 3.05) is 5.75 Å². The van der Waals surface area contributed by atoms with E-state index in [-0.39, 0.29) is 5.54 Å². The average Bonchev–Trinajstić information content (AvgIpc) is 3.26. The van der Waals surface area contributed by atoms with Gasteiger partial charge in [0.2, 0.25) is 0 Å². The third-order valence-electron chi connectivity index (χ3n) is 4.87. The fraction of sp³-hybridized carbons (Fsp3) is 0.941. The summed E-state index contributed by atoms with van der Waals surface area (Å²) in [6.45, 7) is 4.54. The highest BCUT2D eigenvalue weighted by Gasteiger charge is 2.34. The summed E-state index contributed by atoms with van der Waals surface area (Å²) in [7, 11) is 0. The lowest BCUT2D eigenvalue weighted by Gasteiger charge is -2.28. The van der Waals surface area contributed by atoms with Crippen molar-refractivity contribution in [1.82, 2.24) is 5.32 Å². The van der Waals surface area contributed by atoms with Crippen LogP contribution in [0.2, 0.25) is 0 Å². The predicted molar refractivity (Wildman–Crippen MR) is 87.9 cm³/mol. The number of nitriles is 1. The maximum atomic E-state index is 9.52. The van der Waals surface area contributed by atoms with E-state index in [1.807, 2.05) is 0 Å². The van der Waals surface area contributed by atoms with E-state index >= 15 is 0 Å². The van der Waals surface area contributed by atoms with Crippen molar-refractivity contribution in [2.45, 2.75) is 88.5 Å². The molecule has 3 heteroatoms. The van der Waals surface area contributed by atoms with Crippen LogP contribution in [0.3, 0.4) is 0 Å². The Morgan fingerprint density at radius 1 is 1.30 bits per heavy atom. The Morgan fingerprint density at radius 2 is 2.10 bits per heavy atom. The molecule has 1 N–H and O–H groups in total. The number of thioether (sulfide) groups is 1. The summed E-state index contributed by atoms with van der Waals surface area (Å²) in [6, 6.07) is 3.19. The third kappa shape index (κ3) is 4.97. The number of hydrogen-bond donors (Lipinski definition) is 1. The van der Waals surface area contributed by atoms with E-state index in [4.69, 9.17) is 0 Å². The van der Waals surface area contributed by atoms with Crippen LogP contribution < -0.4 is 5.32 Å². The quantitative estimate of drug-likeness (QED) is 0.669. The van der Waals surface area contributed by atoms with Crippen LogP contribution in [0.5, 0.6) is 0 Å². The summed E-state index contributed by atoms with van der Waals surface area (Å²) >= 11 is 2.16. The van der Waals surface area contributed by atoms with Gasteiger partial charge < -0.3 is 0 Å². The van der Waals surface area contributed by atoms with Gasteiger partial charge in [-0.25, -0.2) is 0 Å². The molecule has 0 amide bonds. The molecule has 2 nitrogen and oxygen atoms in total. The summed E-state index contributed by atoms with van der Waals surface area (Å²) in [5.41, 5.74) is -0.248. The zero-order valence-corrected chi connectivity index (χ0v) is 14.0.